The third-order valence-electron chi connectivity index (χ3n) is 4.14. The number of pyridine rings is 1. The number of hydrogen-bond donors (Lipinski definition) is 0. The fourth-order valence-electron chi connectivity index (χ4n) is 2.76. The van der Waals surface area contributed by atoms with Gasteiger partial charge in [-0.3, -0.25) is 4.98 Å². The maximum Gasteiger partial charge on any atom is 0.331 e. The van der Waals surface area contributed by atoms with E-state index in [0.717, 1.165) is 28.1 Å². The highest BCUT2D eigenvalue weighted by atomic mass is 16.5. The largest absolute Gasteiger partial charge is 0.489 e. The number of allylic oxidation sites excluding steroid dienone is 1. The summed E-state index contributed by atoms with van der Waals surface area (Å²) >= 11 is 0. The van der Waals surface area contributed by atoms with Gasteiger partial charge in [0, 0.05) is 12.3 Å². The molecule has 4 nitrogen and oxygen atoms in total. The van der Waals surface area contributed by atoms with Gasteiger partial charge in [0.1, 0.15) is 12.4 Å². The molecule has 0 N–H and O–H groups in total. The van der Waals surface area contributed by atoms with E-state index in [9.17, 15) is 4.79 Å². The number of carbonyl (C=O) groups excluding carboxylic acids is 1. The molecule has 0 amide bonds. The topological polar surface area (TPSA) is 48.4 Å². The van der Waals surface area contributed by atoms with Crippen LogP contribution in [-0.2, 0) is 22.6 Å². The molecule has 0 saturated heterocycles. The third-order valence-corrected chi connectivity index (χ3v) is 4.14. The molecule has 0 atom stereocenters. The summed E-state index contributed by atoms with van der Waals surface area (Å²) in [6.07, 6.45) is 3.81. The van der Waals surface area contributed by atoms with E-state index in [0.29, 0.717) is 19.6 Å². The van der Waals surface area contributed by atoms with Crippen molar-refractivity contribution in [1.29, 1.82) is 0 Å². The summed E-state index contributed by atoms with van der Waals surface area (Å²) in [5.41, 5.74) is 3.77. The van der Waals surface area contributed by atoms with E-state index in [1.165, 1.54) is 6.08 Å². The van der Waals surface area contributed by atoms with Crippen molar-refractivity contribution in [3.05, 3.63) is 102 Å². The maximum atomic E-state index is 11.9. The quantitative estimate of drug-likeness (QED) is 0.418. The zero-order chi connectivity index (χ0) is 19.6. The zero-order valence-electron chi connectivity index (χ0n) is 15.9. The van der Waals surface area contributed by atoms with Gasteiger partial charge in [-0.15, -0.1) is 0 Å². The summed E-state index contributed by atoms with van der Waals surface area (Å²) in [6.45, 7) is 2.67. The van der Waals surface area contributed by atoms with Crippen molar-refractivity contribution in [2.24, 2.45) is 0 Å². The molecular formula is C24H23NO3. The van der Waals surface area contributed by atoms with Gasteiger partial charge in [-0.05, 0) is 54.3 Å². The fourth-order valence-corrected chi connectivity index (χ4v) is 2.76. The van der Waals surface area contributed by atoms with Gasteiger partial charge in [0.15, 0.2) is 0 Å². The number of rotatable bonds is 8. The Hall–Kier alpha value is -3.40. The molecule has 0 aliphatic heterocycles. The first kappa shape index (κ1) is 19.4. The van der Waals surface area contributed by atoms with Crippen molar-refractivity contribution in [3.8, 4) is 5.75 Å². The van der Waals surface area contributed by atoms with Gasteiger partial charge in [0.2, 0.25) is 0 Å². The minimum atomic E-state index is -0.356. The Balaban J connectivity index is 1.69. The third kappa shape index (κ3) is 5.81. The summed E-state index contributed by atoms with van der Waals surface area (Å²) in [4.78, 5) is 16.3. The number of hydrogen-bond acceptors (Lipinski definition) is 4. The van der Waals surface area contributed by atoms with E-state index in [-0.39, 0.29) is 5.97 Å². The first-order valence-electron chi connectivity index (χ1n) is 9.29. The van der Waals surface area contributed by atoms with Gasteiger partial charge in [-0.1, -0.05) is 48.5 Å². The van der Waals surface area contributed by atoms with Crippen LogP contribution in [0.25, 0.3) is 5.57 Å². The maximum absolute atomic E-state index is 11.9. The monoisotopic (exact) mass is 373 g/mol. The minimum absolute atomic E-state index is 0.346. The molecule has 0 saturated carbocycles. The normalized spacial score (nSPS) is 11.1. The lowest BCUT2D eigenvalue weighted by Gasteiger charge is -2.10. The molecule has 3 aromatic rings. The van der Waals surface area contributed by atoms with Crippen LogP contribution < -0.4 is 4.74 Å². The Kier molecular flexibility index (Phi) is 6.96. The number of benzene rings is 2. The number of aromatic nitrogens is 1. The van der Waals surface area contributed by atoms with Crippen LogP contribution in [0.4, 0.5) is 0 Å². The molecule has 2 aromatic carbocycles. The van der Waals surface area contributed by atoms with Crippen LogP contribution in [0, 0.1) is 0 Å². The summed E-state index contributed by atoms with van der Waals surface area (Å²) in [7, 11) is 0. The van der Waals surface area contributed by atoms with E-state index in [1.54, 1.807) is 13.1 Å². The van der Waals surface area contributed by atoms with E-state index >= 15 is 0 Å². The van der Waals surface area contributed by atoms with Crippen LogP contribution in [0.5, 0.6) is 5.75 Å². The van der Waals surface area contributed by atoms with E-state index < -0.39 is 0 Å². The number of ether oxygens (including phenoxy) is 2. The summed E-state index contributed by atoms with van der Waals surface area (Å²) in [5.74, 6) is 0.451. The van der Waals surface area contributed by atoms with Gasteiger partial charge < -0.3 is 9.47 Å². The van der Waals surface area contributed by atoms with E-state index in [2.05, 4.69) is 4.98 Å². The lowest BCUT2D eigenvalue weighted by molar-refractivity contribution is -0.137. The highest BCUT2D eigenvalue weighted by Gasteiger charge is 2.08. The van der Waals surface area contributed by atoms with E-state index in [4.69, 9.17) is 9.47 Å². The molecule has 0 bridgehead atoms. The van der Waals surface area contributed by atoms with Crippen LogP contribution >= 0.6 is 0 Å². The molecule has 0 aliphatic carbocycles. The first-order valence-corrected chi connectivity index (χ1v) is 9.29. The second kappa shape index (κ2) is 10.1. The van der Waals surface area contributed by atoms with Crippen molar-refractivity contribution in [3.63, 3.8) is 0 Å². The predicted octanol–water partition coefficient (Wildman–Crippen LogP) is 4.85. The van der Waals surface area contributed by atoms with Crippen molar-refractivity contribution >= 4 is 11.5 Å². The molecule has 0 unspecified atom stereocenters. The molecule has 0 spiro atoms. The Bertz CT molecular complexity index is 904. The van der Waals surface area contributed by atoms with Crippen LogP contribution in [0.2, 0.25) is 0 Å². The first-order chi connectivity index (χ1) is 13.7. The molecule has 0 fully saturated rings. The van der Waals surface area contributed by atoms with Crippen LogP contribution in [0.15, 0.2) is 85.1 Å². The molecular weight excluding hydrogens is 350 g/mol. The zero-order valence-corrected chi connectivity index (χ0v) is 15.9. The number of carbonyl (C=O) groups is 1. The summed E-state index contributed by atoms with van der Waals surface area (Å²) in [6, 6.07) is 23.6. The SMILES string of the molecule is CCOC(=O)/C=C(/Cc1ccc(OCc2ccccc2)cc1)c1ccccn1. The Morgan fingerprint density at radius 2 is 1.68 bits per heavy atom. The second-order valence-electron chi connectivity index (χ2n) is 6.23. The molecule has 142 valence electrons. The smallest absolute Gasteiger partial charge is 0.331 e. The van der Waals surface area contributed by atoms with Crippen LogP contribution in [-0.4, -0.2) is 17.6 Å². The van der Waals surface area contributed by atoms with Gasteiger partial charge in [-0.2, -0.15) is 0 Å². The summed E-state index contributed by atoms with van der Waals surface area (Å²) < 4.78 is 10.9. The molecule has 1 aromatic heterocycles. The minimum Gasteiger partial charge on any atom is -0.489 e. The Morgan fingerprint density at radius 1 is 0.929 bits per heavy atom. The van der Waals surface area contributed by atoms with Crippen molar-refractivity contribution in [1.82, 2.24) is 4.98 Å². The average molecular weight is 373 g/mol. The van der Waals surface area contributed by atoms with Gasteiger partial charge in [0.05, 0.1) is 12.3 Å². The molecule has 4 heteroatoms. The highest BCUT2D eigenvalue weighted by Crippen LogP contribution is 2.21. The number of esters is 1. The molecule has 28 heavy (non-hydrogen) atoms. The average Bonchev–Trinajstić information content (AvgIpc) is 2.74. The molecule has 0 aliphatic rings. The van der Waals surface area contributed by atoms with Crippen LogP contribution in [0.3, 0.4) is 0 Å². The van der Waals surface area contributed by atoms with Crippen molar-refractivity contribution < 1.29 is 14.3 Å². The Morgan fingerprint density at radius 3 is 2.36 bits per heavy atom. The van der Waals surface area contributed by atoms with Gasteiger partial charge >= 0.3 is 5.97 Å². The van der Waals surface area contributed by atoms with Crippen LogP contribution in [0.1, 0.15) is 23.7 Å². The van der Waals surface area contributed by atoms with Gasteiger partial charge in [-0.25, -0.2) is 4.79 Å². The predicted molar refractivity (Wildman–Crippen MR) is 110 cm³/mol. The highest BCUT2D eigenvalue weighted by molar-refractivity contribution is 5.91. The lowest BCUT2D eigenvalue weighted by Crippen LogP contribution is -2.03. The second-order valence-corrected chi connectivity index (χ2v) is 6.23. The standard InChI is InChI=1S/C24H23NO3/c1-2-27-24(26)17-21(23-10-6-7-15-25-23)16-19-11-13-22(14-12-19)28-18-20-8-4-3-5-9-20/h3-15,17H,2,16,18H2,1H3/b21-17-. The fraction of sp³-hybridized carbons (Fsp3) is 0.167. The Labute approximate surface area is 165 Å². The number of nitrogens with zero attached hydrogens (tertiary/aromatic N) is 1. The summed E-state index contributed by atoms with van der Waals surface area (Å²) in [5, 5.41) is 0. The molecule has 1 heterocycles. The van der Waals surface area contributed by atoms with Crippen molar-refractivity contribution in [2.75, 3.05) is 6.61 Å². The lowest BCUT2D eigenvalue weighted by atomic mass is 10.0. The van der Waals surface area contributed by atoms with Crippen molar-refractivity contribution in [2.45, 2.75) is 20.0 Å². The van der Waals surface area contributed by atoms with E-state index in [1.807, 2.05) is 72.8 Å². The molecule has 0 radical (unpaired) electrons. The molecule has 3 rings (SSSR count). The van der Waals surface area contributed by atoms with Gasteiger partial charge in [0.25, 0.3) is 0 Å².